The number of benzene rings is 1. The van der Waals surface area contributed by atoms with Crippen LogP contribution in [0.5, 0.6) is 0 Å². The molecule has 1 aromatic carbocycles. The standard InChI is InChI=1S/C12H10BrNO4S/c13-7-1-3-8(4-2-7)14-10(15)5-9(12(14)18)19-6-11(16)17/h1-4,9H,5-6H2,(H,16,17)/t9-/m1/s1. The van der Waals surface area contributed by atoms with Gasteiger partial charge in [0.25, 0.3) is 0 Å². The van der Waals surface area contributed by atoms with Crippen molar-refractivity contribution >= 4 is 51.2 Å². The number of hydrogen-bond acceptors (Lipinski definition) is 4. The molecule has 0 aromatic heterocycles. The summed E-state index contributed by atoms with van der Waals surface area (Å²) in [6.07, 6.45) is 0.0485. The van der Waals surface area contributed by atoms with Gasteiger partial charge in [0.1, 0.15) is 0 Å². The summed E-state index contributed by atoms with van der Waals surface area (Å²) in [5.74, 6) is -1.82. The molecule has 0 saturated carbocycles. The maximum Gasteiger partial charge on any atom is 0.313 e. The van der Waals surface area contributed by atoms with Crippen LogP contribution in [-0.2, 0) is 14.4 Å². The number of halogens is 1. The molecule has 5 nitrogen and oxygen atoms in total. The van der Waals surface area contributed by atoms with Gasteiger partial charge in [-0.2, -0.15) is 0 Å². The lowest BCUT2D eigenvalue weighted by atomic mass is 10.3. The van der Waals surface area contributed by atoms with Gasteiger partial charge in [-0.15, -0.1) is 11.8 Å². The van der Waals surface area contributed by atoms with Crippen LogP contribution in [0.15, 0.2) is 28.7 Å². The van der Waals surface area contributed by atoms with E-state index in [2.05, 4.69) is 15.9 Å². The summed E-state index contributed by atoms with van der Waals surface area (Å²) < 4.78 is 0.854. The van der Waals surface area contributed by atoms with Gasteiger partial charge in [-0.25, -0.2) is 4.90 Å². The van der Waals surface area contributed by atoms with Gasteiger partial charge in [-0.05, 0) is 24.3 Å². The number of carboxylic acid groups (broad SMARTS) is 1. The first kappa shape index (κ1) is 14.1. The molecule has 1 aliphatic rings. The monoisotopic (exact) mass is 343 g/mol. The van der Waals surface area contributed by atoms with E-state index < -0.39 is 11.2 Å². The molecule has 0 bridgehead atoms. The Morgan fingerprint density at radius 1 is 1.37 bits per heavy atom. The Morgan fingerprint density at radius 2 is 2.00 bits per heavy atom. The number of carbonyl (C=O) groups excluding carboxylic acids is 2. The van der Waals surface area contributed by atoms with Gasteiger partial charge in [-0.1, -0.05) is 15.9 Å². The quantitative estimate of drug-likeness (QED) is 0.845. The smallest absolute Gasteiger partial charge is 0.313 e. The molecule has 1 saturated heterocycles. The summed E-state index contributed by atoms with van der Waals surface area (Å²) >= 11 is 4.26. The lowest BCUT2D eigenvalue weighted by Crippen LogP contribution is -2.31. The second-order valence-electron chi connectivity index (χ2n) is 3.94. The van der Waals surface area contributed by atoms with E-state index in [9.17, 15) is 14.4 Å². The molecular formula is C12H10BrNO4S. The zero-order chi connectivity index (χ0) is 14.0. The Bertz CT molecular complexity index is 531. The van der Waals surface area contributed by atoms with E-state index in [-0.39, 0.29) is 24.0 Å². The molecule has 19 heavy (non-hydrogen) atoms. The molecule has 0 unspecified atom stereocenters. The van der Waals surface area contributed by atoms with Crippen LogP contribution in [-0.4, -0.2) is 33.9 Å². The van der Waals surface area contributed by atoms with Crippen LogP contribution in [0.2, 0.25) is 0 Å². The number of carbonyl (C=O) groups is 3. The molecule has 1 aromatic rings. The predicted molar refractivity (Wildman–Crippen MR) is 75.1 cm³/mol. The highest BCUT2D eigenvalue weighted by Crippen LogP contribution is 2.30. The third-order valence-corrected chi connectivity index (χ3v) is 4.31. The van der Waals surface area contributed by atoms with E-state index in [0.717, 1.165) is 21.1 Å². The van der Waals surface area contributed by atoms with E-state index >= 15 is 0 Å². The molecule has 1 fully saturated rings. The van der Waals surface area contributed by atoms with Gasteiger partial charge >= 0.3 is 5.97 Å². The SMILES string of the molecule is O=C(O)CS[C@@H]1CC(=O)N(c2ccc(Br)cc2)C1=O. The van der Waals surface area contributed by atoms with Crippen molar-refractivity contribution in [1.29, 1.82) is 0 Å². The Labute approximate surface area is 122 Å². The molecule has 0 aliphatic carbocycles. The fourth-order valence-electron chi connectivity index (χ4n) is 1.77. The van der Waals surface area contributed by atoms with Crippen LogP contribution in [0, 0.1) is 0 Å². The molecule has 1 N–H and O–H groups in total. The molecule has 0 radical (unpaired) electrons. The Kier molecular flexibility index (Phi) is 4.26. The van der Waals surface area contributed by atoms with Crippen molar-refractivity contribution in [1.82, 2.24) is 0 Å². The van der Waals surface area contributed by atoms with E-state index in [0.29, 0.717) is 5.69 Å². The van der Waals surface area contributed by atoms with E-state index in [1.807, 2.05) is 0 Å². The maximum atomic E-state index is 12.1. The maximum absolute atomic E-state index is 12.1. The van der Waals surface area contributed by atoms with Crippen LogP contribution >= 0.6 is 27.7 Å². The number of imide groups is 1. The van der Waals surface area contributed by atoms with E-state index in [4.69, 9.17) is 5.11 Å². The number of hydrogen-bond donors (Lipinski definition) is 1. The van der Waals surface area contributed by atoms with Crippen molar-refractivity contribution < 1.29 is 19.5 Å². The topological polar surface area (TPSA) is 74.7 Å². The van der Waals surface area contributed by atoms with Crippen LogP contribution in [0.1, 0.15) is 6.42 Å². The number of carboxylic acids is 1. The average molecular weight is 344 g/mol. The fourth-order valence-corrected chi connectivity index (χ4v) is 2.88. The van der Waals surface area contributed by atoms with Gasteiger partial charge < -0.3 is 5.11 Å². The summed E-state index contributed by atoms with van der Waals surface area (Å²) in [6.45, 7) is 0. The highest BCUT2D eigenvalue weighted by molar-refractivity contribution is 9.10. The largest absolute Gasteiger partial charge is 0.481 e. The predicted octanol–water partition coefficient (Wildman–Crippen LogP) is 1.90. The van der Waals surface area contributed by atoms with Crippen molar-refractivity contribution in [3.63, 3.8) is 0 Å². The van der Waals surface area contributed by atoms with Crippen LogP contribution in [0.3, 0.4) is 0 Å². The highest BCUT2D eigenvalue weighted by atomic mass is 79.9. The first-order valence-electron chi connectivity index (χ1n) is 5.45. The van der Waals surface area contributed by atoms with Gasteiger partial charge in [0.15, 0.2) is 0 Å². The highest BCUT2D eigenvalue weighted by Gasteiger charge is 2.39. The molecule has 100 valence electrons. The molecule has 2 rings (SSSR count). The molecular weight excluding hydrogens is 334 g/mol. The Hall–Kier alpha value is -1.34. The first-order chi connectivity index (χ1) is 8.99. The van der Waals surface area contributed by atoms with E-state index in [1.54, 1.807) is 24.3 Å². The molecule has 1 aliphatic heterocycles. The zero-order valence-electron chi connectivity index (χ0n) is 9.71. The summed E-state index contributed by atoms with van der Waals surface area (Å²) in [5, 5.41) is 8.00. The second kappa shape index (κ2) is 5.75. The van der Waals surface area contributed by atoms with Crippen molar-refractivity contribution in [2.45, 2.75) is 11.7 Å². The number of rotatable bonds is 4. The Balaban J connectivity index is 2.14. The number of amides is 2. The molecule has 1 heterocycles. The molecule has 2 amide bonds. The number of thioether (sulfide) groups is 1. The van der Waals surface area contributed by atoms with Crippen molar-refractivity contribution in [3.8, 4) is 0 Å². The third-order valence-electron chi connectivity index (χ3n) is 2.60. The number of nitrogens with zero attached hydrogens (tertiary/aromatic N) is 1. The number of aliphatic carboxylic acids is 1. The van der Waals surface area contributed by atoms with Gasteiger partial charge in [0.2, 0.25) is 11.8 Å². The zero-order valence-corrected chi connectivity index (χ0v) is 12.1. The summed E-state index contributed by atoms with van der Waals surface area (Å²) in [6, 6.07) is 6.83. The normalized spacial score (nSPS) is 19.0. The summed E-state index contributed by atoms with van der Waals surface area (Å²) in [5.41, 5.74) is 0.511. The fraction of sp³-hybridized carbons (Fsp3) is 0.250. The third kappa shape index (κ3) is 3.16. The van der Waals surface area contributed by atoms with Gasteiger partial charge in [-0.3, -0.25) is 14.4 Å². The van der Waals surface area contributed by atoms with Crippen molar-refractivity contribution in [3.05, 3.63) is 28.7 Å². The second-order valence-corrected chi connectivity index (χ2v) is 6.05. The van der Waals surface area contributed by atoms with Gasteiger partial charge in [0.05, 0.1) is 16.7 Å². The van der Waals surface area contributed by atoms with Crippen LogP contribution in [0.4, 0.5) is 5.69 Å². The minimum absolute atomic E-state index is 0.0485. The van der Waals surface area contributed by atoms with Crippen molar-refractivity contribution in [2.24, 2.45) is 0 Å². The van der Waals surface area contributed by atoms with Crippen LogP contribution in [0.25, 0.3) is 0 Å². The van der Waals surface area contributed by atoms with E-state index in [1.165, 1.54) is 0 Å². The minimum atomic E-state index is -0.993. The average Bonchev–Trinajstić information content (AvgIpc) is 2.63. The molecule has 0 spiro atoms. The lowest BCUT2D eigenvalue weighted by molar-refractivity contribution is -0.134. The minimum Gasteiger partial charge on any atom is -0.481 e. The summed E-state index contributed by atoms with van der Waals surface area (Å²) in [7, 11) is 0. The first-order valence-corrected chi connectivity index (χ1v) is 7.29. The molecule has 1 atom stereocenters. The van der Waals surface area contributed by atoms with Crippen molar-refractivity contribution in [2.75, 3.05) is 10.7 Å². The number of anilines is 1. The van der Waals surface area contributed by atoms with Crippen LogP contribution < -0.4 is 4.90 Å². The lowest BCUT2D eigenvalue weighted by Gasteiger charge is -2.14. The Morgan fingerprint density at radius 3 is 2.58 bits per heavy atom. The van der Waals surface area contributed by atoms with Gasteiger partial charge in [0, 0.05) is 10.9 Å². The summed E-state index contributed by atoms with van der Waals surface area (Å²) in [4.78, 5) is 35.6. The molecule has 7 heteroatoms.